The topological polar surface area (TPSA) is 28.0 Å². The third-order valence-electron chi connectivity index (χ3n) is 11.1. The lowest BCUT2D eigenvalue weighted by Crippen LogP contribution is -2.23. The summed E-state index contributed by atoms with van der Waals surface area (Å²) in [6.45, 7) is 18.0. The summed E-state index contributed by atoms with van der Waals surface area (Å²) in [5, 5.41) is 0. The monoisotopic (exact) mass is 817 g/mol. The fraction of sp³-hybridized carbons (Fsp3) is 0.100. The van der Waals surface area contributed by atoms with E-state index < -0.39 is 0 Å². The Kier molecular flexibility index (Phi) is 15.0. The summed E-state index contributed by atoms with van der Waals surface area (Å²) < 4.78 is 0. The van der Waals surface area contributed by atoms with Crippen LogP contribution in [0.2, 0.25) is 0 Å². The van der Waals surface area contributed by atoms with Crippen LogP contribution in [0.1, 0.15) is 60.9 Å². The predicted octanol–water partition coefficient (Wildman–Crippen LogP) is 15.5. The lowest BCUT2D eigenvalue weighted by Gasteiger charge is -2.31. The quantitative estimate of drug-likeness (QED) is 0.0764. The number of allylic oxidation sites excluding steroid dienone is 16. The predicted molar refractivity (Wildman–Crippen MR) is 273 cm³/mol. The highest BCUT2D eigenvalue weighted by Gasteiger charge is 2.23. The third kappa shape index (κ3) is 11.0. The Morgan fingerprint density at radius 3 is 1.98 bits per heavy atom. The van der Waals surface area contributed by atoms with Crippen molar-refractivity contribution >= 4 is 35.1 Å². The van der Waals surface area contributed by atoms with Crippen LogP contribution in [0.3, 0.4) is 0 Å². The molecule has 0 bridgehead atoms. The minimum absolute atomic E-state index is 0.597. The number of anilines is 1. The molecule has 0 saturated carbocycles. The Hall–Kier alpha value is -7.62. The highest BCUT2D eigenvalue weighted by Crippen LogP contribution is 2.37. The van der Waals surface area contributed by atoms with E-state index in [1.807, 2.05) is 31.2 Å². The molecule has 2 aliphatic rings. The minimum Gasteiger partial charge on any atom is -0.335 e. The Morgan fingerprint density at radius 1 is 0.683 bits per heavy atom. The number of hydrogen-bond donors (Lipinski definition) is 0. The van der Waals surface area contributed by atoms with E-state index in [1.165, 1.54) is 11.1 Å². The van der Waals surface area contributed by atoms with Crippen LogP contribution in [0.5, 0.6) is 0 Å². The molecular weight excluding hydrogens is 763 g/mol. The summed E-state index contributed by atoms with van der Waals surface area (Å²) in [6.07, 6.45) is 26.4. The SMILES string of the molecule is C=N/C(C1=CCCC=C1)=C(/c1ccccc1)N(Cc1ccccc1)c1cccc(C(/N=C(\C(=C)c2ccccc2)c2ccccc2)=C(C)\C=C\C2=C(/C=C\C)C(=C)/C=C\C=C/C2)c1. The van der Waals surface area contributed by atoms with Crippen molar-refractivity contribution in [1.82, 2.24) is 0 Å². The summed E-state index contributed by atoms with van der Waals surface area (Å²) in [7, 11) is 0. The maximum absolute atomic E-state index is 5.67. The first-order chi connectivity index (χ1) is 30.9. The highest BCUT2D eigenvalue weighted by molar-refractivity contribution is 6.32. The number of nitrogens with zero attached hydrogens (tertiary/aromatic N) is 3. The van der Waals surface area contributed by atoms with Crippen molar-refractivity contribution in [3.05, 3.63) is 287 Å². The fourth-order valence-electron chi connectivity index (χ4n) is 7.86. The minimum atomic E-state index is 0.597. The van der Waals surface area contributed by atoms with Gasteiger partial charge in [-0.25, -0.2) is 4.99 Å². The van der Waals surface area contributed by atoms with Crippen molar-refractivity contribution in [1.29, 1.82) is 0 Å². The Morgan fingerprint density at radius 2 is 1.33 bits per heavy atom. The normalized spacial score (nSPS) is 17.3. The van der Waals surface area contributed by atoms with Crippen LogP contribution < -0.4 is 4.90 Å². The van der Waals surface area contributed by atoms with Crippen LogP contribution in [0.15, 0.2) is 269 Å². The second-order valence-electron chi connectivity index (χ2n) is 15.5. The molecule has 0 unspecified atom stereocenters. The molecule has 0 amide bonds. The Labute approximate surface area is 375 Å². The summed E-state index contributed by atoms with van der Waals surface area (Å²) in [4.78, 5) is 12.8. The van der Waals surface area contributed by atoms with Crippen LogP contribution in [0.4, 0.5) is 5.69 Å². The molecule has 0 fully saturated rings. The molecule has 5 aromatic carbocycles. The molecule has 5 aromatic rings. The third-order valence-corrected chi connectivity index (χ3v) is 11.1. The van der Waals surface area contributed by atoms with E-state index in [4.69, 9.17) is 9.98 Å². The van der Waals surface area contributed by atoms with Crippen LogP contribution in [-0.2, 0) is 6.54 Å². The van der Waals surface area contributed by atoms with Gasteiger partial charge in [0.25, 0.3) is 0 Å². The molecule has 63 heavy (non-hydrogen) atoms. The Bertz CT molecular complexity index is 2750. The molecular formula is C60H55N3. The van der Waals surface area contributed by atoms with Gasteiger partial charge in [0.05, 0.1) is 22.8 Å². The summed E-state index contributed by atoms with van der Waals surface area (Å²) >= 11 is 0. The largest absolute Gasteiger partial charge is 0.335 e. The standard InChI is InChI=1S/C60H55N3/c1-6-26-56-45(2)27-13-7-18-32-50(56)42-41-46(3)57(62-58(51-33-19-10-20-34-51)47(4)49-30-16-9-17-31-49)54-39-25-40-55(43-54)63(44-48-28-14-8-15-29-48)60(53-37-23-12-24-38-53)59(61-5)52-35-21-11-22-36-52/h6-10,12-21,23-31,33-43H,2,4-5,11,22,32,44H2,1,3H3/b18-7-,26-6-,27-13-,42-41+,56-50+,57-46+,60-59-,62-58+. The molecule has 2 aliphatic carbocycles. The highest BCUT2D eigenvalue weighted by atomic mass is 15.2. The molecule has 7 rings (SSSR count). The second kappa shape index (κ2) is 21.8. The fourth-order valence-corrected chi connectivity index (χ4v) is 7.86. The molecule has 0 N–H and O–H groups in total. The van der Waals surface area contributed by atoms with Gasteiger partial charge in [0.15, 0.2) is 0 Å². The van der Waals surface area contributed by atoms with Crippen LogP contribution in [0.25, 0.3) is 17.0 Å². The van der Waals surface area contributed by atoms with Crippen LogP contribution >= 0.6 is 0 Å². The van der Waals surface area contributed by atoms with E-state index in [9.17, 15) is 0 Å². The molecule has 0 spiro atoms. The number of hydrogen-bond acceptors (Lipinski definition) is 3. The molecule has 0 saturated heterocycles. The van der Waals surface area contributed by atoms with Gasteiger partial charge in [0, 0.05) is 34.5 Å². The van der Waals surface area contributed by atoms with Gasteiger partial charge >= 0.3 is 0 Å². The Balaban J connectivity index is 1.49. The van der Waals surface area contributed by atoms with E-state index in [0.29, 0.717) is 6.54 Å². The van der Waals surface area contributed by atoms with E-state index in [0.717, 1.165) is 97.9 Å². The molecule has 0 atom stereocenters. The van der Waals surface area contributed by atoms with Crippen molar-refractivity contribution in [3.63, 3.8) is 0 Å². The van der Waals surface area contributed by atoms with Gasteiger partial charge in [0.1, 0.15) is 0 Å². The average Bonchev–Trinajstić information content (AvgIpc) is 3.33. The smallest absolute Gasteiger partial charge is 0.0934 e. The molecule has 0 heterocycles. The van der Waals surface area contributed by atoms with Gasteiger partial charge < -0.3 is 4.90 Å². The number of aliphatic imine (C=N–C) groups is 2. The first-order valence-electron chi connectivity index (χ1n) is 21.7. The zero-order valence-electron chi connectivity index (χ0n) is 36.5. The summed E-state index contributed by atoms with van der Waals surface area (Å²) in [6, 6.07) is 50.6. The lowest BCUT2D eigenvalue weighted by atomic mass is 9.94. The van der Waals surface area contributed by atoms with Gasteiger partial charge in [-0.2, -0.15) is 0 Å². The average molecular weight is 818 g/mol. The van der Waals surface area contributed by atoms with Crippen molar-refractivity contribution in [2.24, 2.45) is 9.98 Å². The van der Waals surface area contributed by atoms with E-state index >= 15 is 0 Å². The maximum atomic E-state index is 5.67. The van der Waals surface area contributed by atoms with Crippen molar-refractivity contribution in [3.8, 4) is 0 Å². The molecule has 3 heteroatoms. The van der Waals surface area contributed by atoms with Gasteiger partial charge in [-0.3, -0.25) is 4.99 Å². The van der Waals surface area contributed by atoms with Gasteiger partial charge in [-0.15, -0.1) is 0 Å². The lowest BCUT2D eigenvalue weighted by molar-refractivity contribution is 0.968. The second-order valence-corrected chi connectivity index (χ2v) is 15.5. The van der Waals surface area contributed by atoms with Crippen molar-refractivity contribution in [2.75, 3.05) is 4.90 Å². The van der Waals surface area contributed by atoms with E-state index in [2.05, 4.69) is 220 Å². The zero-order chi connectivity index (χ0) is 43.8. The van der Waals surface area contributed by atoms with E-state index in [1.54, 1.807) is 0 Å². The molecule has 310 valence electrons. The number of rotatable bonds is 15. The van der Waals surface area contributed by atoms with Gasteiger partial charge in [-0.1, -0.05) is 213 Å². The van der Waals surface area contributed by atoms with E-state index in [-0.39, 0.29) is 0 Å². The molecule has 0 aliphatic heterocycles. The van der Waals surface area contributed by atoms with Crippen molar-refractivity contribution in [2.45, 2.75) is 39.7 Å². The van der Waals surface area contributed by atoms with Gasteiger partial charge in [0.2, 0.25) is 0 Å². The van der Waals surface area contributed by atoms with Gasteiger partial charge in [-0.05, 0) is 91.0 Å². The van der Waals surface area contributed by atoms with Crippen LogP contribution in [0, 0.1) is 0 Å². The molecule has 3 nitrogen and oxygen atoms in total. The van der Waals surface area contributed by atoms with Crippen molar-refractivity contribution < 1.29 is 0 Å². The first kappa shape index (κ1) is 43.5. The van der Waals surface area contributed by atoms with Crippen LogP contribution in [-0.4, -0.2) is 12.4 Å². The molecule has 0 aromatic heterocycles. The summed E-state index contributed by atoms with van der Waals surface area (Å²) in [5.41, 5.74) is 15.8. The zero-order valence-corrected chi connectivity index (χ0v) is 36.5. The maximum Gasteiger partial charge on any atom is 0.0934 e. The summed E-state index contributed by atoms with van der Waals surface area (Å²) in [5.74, 6) is 0. The first-order valence-corrected chi connectivity index (χ1v) is 21.7. The number of benzene rings is 5. The molecule has 0 radical (unpaired) electrons.